The van der Waals surface area contributed by atoms with Crippen molar-refractivity contribution in [2.24, 2.45) is 0 Å². The first kappa shape index (κ1) is 12.3. The first-order valence-corrected chi connectivity index (χ1v) is 6.97. The number of halogens is 1. The second-order valence-corrected chi connectivity index (χ2v) is 5.26. The van der Waals surface area contributed by atoms with E-state index in [2.05, 4.69) is 24.8 Å². The van der Waals surface area contributed by atoms with E-state index in [-0.39, 0.29) is 5.82 Å². The molecule has 0 radical (unpaired) electrons. The van der Waals surface area contributed by atoms with Crippen LogP contribution in [0.25, 0.3) is 11.2 Å². The topological polar surface area (TPSA) is 55.6 Å². The van der Waals surface area contributed by atoms with Gasteiger partial charge in [0.05, 0.1) is 6.33 Å². The van der Waals surface area contributed by atoms with E-state index < -0.39 is 0 Å². The molecule has 3 aromatic rings. The van der Waals surface area contributed by atoms with Gasteiger partial charge in [-0.25, -0.2) is 19.3 Å². The van der Waals surface area contributed by atoms with Crippen LogP contribution in [-0.4, -0.2) is 19.5 Å². The number of fused-ring (bicyclic) bond motifs is 1. The van der Waals surface area contributed by atoms with Gasteiger partial charge in [0, 0.05) is 12.6 Å². The number of imidazole rings is 1. The number of nitrogens with one attached hydrogen (secondary N) is 1. The quantitative estimate of drug-likeness (QED) is 0.800. The van der Waals surface area contributed by atoms with Crippen LogP contribution in [0.1, 0.15) is 24.4 Å². The lowest BCUT2D eigenvalue weighted by Crippen LogP contribution is -2.03. The molecule has 1 aliphatic rings. The maximum atomic E-state index is 12.9. The lowest BCUT2D eigenvalue weighted by atomic mass is 10.2. The molecule has 6 heteroatoms. The maximum absolute atomic E-state index is 12.9. The number of benzene rings is 1. The number of hydrogen-bond donors (Lipinski definition) is 1. The molecule has 0 atom stereocenters. The van der Waals surface area contributed by atoms with Crippen molar-refractivity contribution in [1.82, 2.24) is 19.5 Å². The fourth-order valence-corrected chi connectivity index (χ4v) is 2.39. The average molecular weight is 283 g/mol. The zero-order chi connectivity index (χ0) is 14.2. The molecule has 0 saturated heterocycles. The first-order chi connectivity index (χ1) is 10.3. The Kier molecular flexibility index (Phi) is 2.80. The molecule has 5 nitrogen and oxygen atoms in total. The average Bonchev–Trinajstić information content (AvgIpc) is 3.26. The molecule has 21 heavy (non-hydrogen) atoms. The molecular weight excluding hydrogens is 269 g/mol. The van der Waals surface area contributed by atoms with Gasteiger partial charge in [0.15, 0.2) is 11.5 Å². The van der Waals surface area contributed by atoms with E-state index in [4.69, 9.17) is 0 Å². The van der Waals surface area contributed by atoms with Gasteiger partial charge in [0.2, 0.25) is 0 Å². The van der Waals surface area contributed by atoms with Gasteiger partial charge < -0.3 is 9.88 Å². The van der Waals surface area contributed by atoms with Gasteiger partial charge in [-0.15, -0.1) is 0 Å². The SMILES string of the molecule is Fc1ccc(CNc2ncnc3c2ncn3C2CC2)cc1. The van der Waals surface area contributed by atoms with Crippen molar-refractivity contribution in [3.05, 3.63) is 48.3 Å². The highest BCUT2D eigenvalue weighted by atomic mass is 19.1. The van der Waals surface area contributed by atoms with Crippen LogP contribution in [0.2, 0.25) is 0 Å². The minimum Gasteiger partial charge on any atom is -0.364 e. The highest BCUT2D eigenvalue weighted by molar-refractivity contribution is 5.82. The molecule has 2 aromatic heterocycles. The van der Waals surface area contributed by atoms with Crippen LogP contribution in [0.15, 0.2) is 36.9 Å². The Bertz CT molecular complexity index is 776. The zero-order valence-electron chi connectivity index (χ0n) is 11.3. The van der Waals surface area contributed by atoms with Gasteiger partial charge in [-0.3, -0.25) is 0 Å². The Labute approximate surface area is 120 Å². The lowest BCUT2D eigenvalue weighted by Gasteiger charge is -2.06. The molecule has 0 aliphatic heterocycles. The standard InChI is InChI=1S/C15H14FN5/c16-11-3-1-10(2-4-11)7-17-14-13-15(19-8-18-14)21(9-20-13)12-5-6-12/h1-4,8-9,12H,5-7H2,(H,17,18,19). The van der Waals surface area contributed by atoms with Crippen LogP contribution in [0.5, 0.6) is 0 Å². The summed E-state index contributed by atoms with van der Waals surface area (Å²) in [5.41, 5.74) is 2.64. The molecule has 1 fully saturated rings. The summed E-state index contributed by atoms with van der Waals surface area (Å²) >= 11 is 0. The number of aromatic nitrogens is 4. The lowest BCUT2D eigenvalue weighted by molar-refractivity contribution is 0.627. The Hall–Kier alpha value is -2.50. The van der Waals surface area contributed by atoms with Crippen LogP contribution < -0.4 is 5.32 Å². The third kappa shape index (κ3) is 2.33. The molecule has 1 N–H and O–H groups in total. The summed E-state index contributed by atoms with van der Waals surface area (Å²) in [6, 6.07) is 6.95. The highest BCUT2D eigenvalue weighted by Crippen LogP contribution is 2.37. The maximum Gasteiger partial charge on any atom is 0.165 e. The normalized spacial score (nSPS) is 14.5. The Balaban J connectivity index is 1.60. The summed E-state index contributed by atoms with van der Waals surface area (Å²) < 4.78 is 15.0. The molecule has 106 valence electrons. The Morgan fingerprint density at radius 2 is 1.95 bits per heavy atom. The molecule has 4 rings (SSSR count). The third-order valence-corrected chi connectivity index (χ3v) is 3.67. The fraction of sp³-hybridized carbons (Fsp3) is 0.267. The first-order valence-electron chi connectivity index (χ1n) is 6.97. The Morgan fingerprint density at radius 3 is 2.71 bits per heavy atom. The summed E-state index contributed by atoms with van der Waals surface area (Å²) in [5.74, 6) is 0.482. The molecule has 0 bridgehead atoms. The van der Waals surface area contributed by atoms with Crippen molar-refractivity contribution in [1.29, 1.82) is 0 Å². The second-order valence-electron chi connectivity index (χ2n) is 5.26. The van der Waals surface area contributed by atoms with Gasteiger partial charge in [-0.1, -0.05) is 12.1 Å². The van der Waals surface area contributed by atoms with E-state index in [0.29, 0.717) is 18.4 Å². The van der Waals surface area contributed by atoms with Gasteiger partial charge in [0.1, 0.15) is 17.7 Å². The van der Waals surface area contributed by atoms with E-state index in [1.165, 1.54) is 25.0 Å². The van der Waals surface area contributed by atoms with Crippen molar-refractivity contribution in [3.8, 4) is 0 Å². The predicted octanol–water partition coefficient (Wildman–Crippen LogP) is 2.91. The van der Waals surface area contributed by atoms with Crippen molar-refractivity contribution in [2.45, 2.75) is 25.4 Å². The zero-order valence-corrected chi connectivity index (χ0v) is 11.3. The molecule has 1 aliphatic carbocycles. The summed E-state index contributed by atoms with van der Waals surface area (Å²) in [6.07, 6.45) is 5.76. The molecule has 2 heterocycles. The van der Waals surface area contributed by atoms with Gasteiger partial charge >= 0.3 is 0 Å². The van der Waals surface area contributed by atoms with Crippen molar-refractivity contribution < 1.29 is 4.39 Å². The molecule has 0 unspecified atom stereocenters. The van der Waals surface area contributed by atoms with E-state index in [1.807, 2.05) is 6.33 Å². The van der Waals surface area contributed by atoms with Crippen molar-refractivity contribution >= 4 is 17.0 Å². The van der Waals surface area contributed by atoms with Gasteiger partial charge in [-0.05, 0) is 30.5 Å². The summed E-state index contributed by atoms with van der Waals surface area (Å²) in [6.45, 7) is 0.572. The minimum atomic E-state index is -0.230. The smallest absolute Gasteiger partial charge is 0.165 e. The van der Waals surface area contributed by atoms with Gasteiger partial charge in [-0.2, -0.15) is 0 Å². The van der Waals surface area contributed by atoms with Crippen molar-refractivity contribution in [2.75, 3.05) is 5.32 Å². The van der Waals surface area contributed by atoms with E-state index in [1.54, 1.807) is 18.5 Å². The number of anilines is 1. The summed E-state index contributed by atoms with van der Waals surface area (Å²) in [5, 5.41) is 3.25. The molecule has 0 amide bonds. The third-order valence-electron chi connectivity index (χ3n) is 3.67. The van der Waals surface area contributed by atoms with Crippen molar-refractivity contribution in [3.63, 3.8) is 0 Å². The fourth-order valence-electron chi connectivity index (χ4n) is 2.39. The minimum absolute atomic E-state index is 0.230. The van der Waals surface area contributed by atoms with E-state index >= 15 is 0 Å². The van der Waals surface area contributed by atoms with Crippen LogP contribution in [0, 0.1) is 5.82 Å². The predicted molar refractivity (Wildman–Crippen MR) is 77.3 cm³/mol. The Morgan fingerprint density at radius 1 is 1.14 bits per heavy atom. The molecule has 1 saturated carbocycles. The van der Waals surface area contributed by atoms with Crippen LogP contribution >= 0.6 is 0 Å². The van der Waals surface area contributed by atoms with Crippen LogP contribution in [0.3, 0.4) is 0 Å². The highest BCUT2D eigenvalue weighted by Gasteiger charge is 2.26. The second kappa shape index (κ2) is 4.80. The summed E-state index contributed by atoms with van der Waals surface area (Å²) in [7, 11) is 0. The summed E-state index contributed by atoms with van der Waals surface area (Å²) in [4.78, 5) is 13.0. The van der Waals surface area contributed by atoms with Crippen LogP contribution in [-0.2, 0) is 6.54 Å². The molecular formula is C15H14FN5. The molecule has 0 spiro atoms. The van der Waals surface area contributed by atoms with Crippen LogP contribution in [0.4, 0.5) is 10.2 Å². The largest absolute Gasteiger partial charge is 0.364 e. The molecule has 1 aromatic carbocycles. The number of rotatable bonds is 4. The van der Waals surface area contributed by atoms with Gasteiger partial charge in [0.25, 0.3) is 0 Å². The monoisotopic (exact) mass is 283 g/mol. The number of nitrogens with zero attached hydrogens (tertiary/aromatic N) is 4. The van der Waals surface area contributed by atoms with E-state index in [9.17, 15) is 4.39 Å². The van der Waals surface area contributed by atoms with E-state index in [0.717, 1.165) is 16.7 Å². The number of hydrogen-bond acceptors (Lipinski definition) is 4.